The maximum atomic E-state index is 12.8. The minimum atomic E-state index is -3.51. The van der Waals surface area contributed by atoms with E-state index in [0.717, 1.165) is 10.4 Å². The maximum Gasteiger partial charge on any atom is 0.252 e. The second-order valence-corrected chi connectivity index (χ2v) is 9.92. The van der Waals surface area contributed by atoms with E-state index in [-0.39, 0.29) is 18.4 Å². The van der Waals surface area contributed by atoms with E-state index in [0.29, 0.717) is 36.6 Å². The van der Waals surface area contributed by atoms with Gasteiger partial charge in [0, 0.05) is 36.9 Å². The number of pyridine rings is 1. The average Bonchev–Trinajstić information content (AvgIpc) is 3.10. The number of carbonyl (C=O) groups is 1. The number of hydrogen-bond acceptors (Lipinski definition) is 5. The summed E-state index contributed by atoms with van der Waals surface area (Å²) in [4.78, 5) is 17.5. The van der Waals surface area contributed by atoms with Gasteiger partial charge in [0.05, 0.1) is 5.92 Å². The molecule has 1 amide bonds. The standard InChI is InChI=1S/C18H23N3O3S2/c1-14-6-7-17(25-14)26(23,24)21-11-3-5-16(13-21)18(22)20-10-8-15-4-2-9-19-12-15/h2,4,6-7,9,12,16H,3,5,8,10-11,13H2,1H3,(H,20,22). The fourth-order valence-corrected chi connectivity index (χ4v) is 6.03. The number of rotatable bonds is 6. The summed E-state index contributed by atoms with van der Waals surface area (Å²) in [7, 11) is -3.51. The monoisotopic (exact) mass is 393 g/mol. The number of carbonyl (C=O) groups excluding carboxylic acids is 1. The molecule has 1 fully saturated rings. The van der Waals surface area contributed by atoms with Gasteiger partial charge in [0.1, 0.15) is 4.21 Å². The van der Waals surface area contributed by atoms with Crippen LogP contribution in [0.2, 0.25) is 0 Å². The molecule has 2 aromatic heterocycles. The lowest BCUT2D eigenvalue weighted by Crippen LogP contribution is -2.45. The van der Waals surface area contributed by atoms with Gasteiger partial charge in [-0.05, 0) is 49.9 Å². The quantitative estimate of drug-likeness (QED) is 0.816. The molecule has 1 atom stereocenters. The Hall–Kier alpha value is -1.77. The summed E-state index contributed by atoms with van der Waals surface area (Å²) in [5.41, 5.74) is 1.06. The van der Waals surface area contributed by atoms with Gasteiger partial charge in [-0.2, -0.15) is 4.31 Å². The molecule has 0 aromatic carbocycles. The predicted molar refractivity (Wildman–Crippen MR) is 101 cm³/mol. The van der Waals surface area contributed by atoms with Crippen molar-refractivity contribution in [2.24, 2.45) is 5.92 Å². The van der Waals surface area contributed by atoms with Crippen molar-refractivity contribution >= 4 is 27.3 Å². The van der Waals surface area contributed by atoms with Gasteiger partial charge < -0.3 is 5.32 Å². The largest absolute Gasteiger partial charge is 0.355 e. The first-order valence-corrected chi connectivity index (χ1v) is 11.0. The first kappa shape index (κ1) is 19.0. The molecular formula is C18H23N3O3S2. The normalized spacial score (nSPS) is 18.6. The number of piperidine rings is 1. The van der Waals surface area contributed by atoms with E-state index in [4.69, 9.17) is 0 Å². The lowest BCUT2D eigenvalue weighted by molar-refractivity contribution is -0.126. The number of nitrogens with zero attached hydrogens (tertiary/aromatic N) is 2. The summed E-state index contributed by atoms with van der Waals surface area (Å²) in [6.45, 7) is 3.13. The zero-order chi connectivity index (χ0) is 18.6. The molecule has 1 unspecified atom stereocenters. The number of thiophene rings is 1. The highest BCUT2D eigenvalue weighted by molar-refractivity contribution is 7.91. The van der Waals surface area contributed by atoms with Crippen LogP contribution in [0, 0.1) is 12.8 Å². The molecule has 8 heteroatoms. The zero-order valence-corrected chi connectivity index (χ0v) is 16.4. The van der Waals surface area contributed by atoms with Crippen molar-refractivity contribution in [3.63, 3.8) is 0 Å². The molecule has 0 bridgehead atoms. The van der Waals surface area contributed by atoms with Crippen LogP contribution in [-0.4, -0.2) is 43.2 Å². The maximum absolute atomic E-state index is 12.8. The molecule has 1 aliphatic heterocycles. The fraction of sp³-hybridized carbons (Fsp3) is 0.444. The second kappa shape index (κ2) is 8.28. The van der Waals surface area contributed by atoms with Crippen LogP contribution in [0.5, 0.6) is 0 Å². The molecule has 0 aliphatic carbocycles. The summed E-state index contributed by atoms with van der Waals surface area (Å²) >= 11 is 1.27. The van der Waals surface area contributed by atoms with Gasteiger partial charge in [0.15, 0.2) is 0 Å². The first-order valence-electron chi connectivity index (χ1n) is 8.70. The number of hydrogen-bond donors (Lipinski definition) is 1. The zero-order valence-electron chi connectivity index (χ0n) is 14.7. The molecule has 26 heavy (non-hydrogen) atoms. The Morgan fingerprint density at radius 1 is 1.38 bits per heavy atom. The Balaban J connectivity index is 1.56. The number of amides is 1. The highest BCUT2D eigenvalue weighted by Gasteiger charge is 2.33. The van der Waals surface area contributed by atoms with Gasteiger partial charge in [-0.1, -0.05) is 6.07 Å². The van der Waals surface area contributed by atoms with E-state index in [1.807, 2.05) is 25.1 Å². The Bertz CT molecular complexity index is 850. The smallest absolute Gasteiger partial charge is 0.252 e. The van der Waals surface area contributed by atoms with Gasteiger partial charge in [-0.25, -0.2) is 8.42 Å². The van der Waals surface area contributed by atoms with Gasteiger partial charge in [-0.3, -0.25) is 9.78 Å². The summed E-state index contributed by atoms with van der Waals surface area (Å²) in [5.74, 6) is -0.371. The number of sulfonamides is 1. The van der Waals surface area contributed by atoms with Crippen LogP contribution in [0.3, 0.4) is 0 Å². The lowest BCUT2D eigenvalue weighted by Gasteiger charge is -2.30. The van der Waals surface area contributed by atoms with E-state index in [1.54, 1.807) is 18.5 Å². The third kappa shape index (κ3) is 4.49. The van der Waals surface area contributed by atoms with E-state index >= 15 is 0 Å². The van der Waals surface area contributed by atoms with Crippen molar-refractivity contribution in [2.75, 3.05) is 19.6 Å². The van der Waals surface area contributed by atoms with Crippen LogP contribution < -0.4 is 5.32 Å². The van der Waals surface area contributed by atoms with E-state index in [1.165, 1.54) is 15.6 Å². The van der Waals surface area contributed by atoms with Crippen LogP contribution >= 0.6 is 11.3 Å². The van der Waals surface area contributed by atoms with E-state index < -0.39 is 10.0 Å². The summed E-state index contributed by atoms with van der Waals surface area (Å²) in [5, 5.41) is 2.93. The van der Waals surface area contributed by atoms with Crippen LogP contribution in [0.1, 0.15) is 23.3 Å². The van der Waals surface area contributed by atoms with Crippen molar-refractivity contribution in [1.82, 2.24) is 14.6 Å². The van der Waals surface area contributed by atoms with Crippen molar-refractivity contribution in [2.45, 2.75) is 30.4 Å². The minimum absolute atomic E-state index is 0.0730. The van der Waals surface area contributed by atoms with Crippen molar-refractivity contribution < 1.29 is 13.2 Å². The molecule has 3 heterocycles. The second-order valence-electron chi connectivity index (χ2n) is 6.47. The molecule has 140 valence electrons. The number of nitrogens with one attached hydrogen (secondary N) is 1. The Morgan fingerprint density at radius 3 is 2.92 bits per heavy atom. The van der Waals surface area contributed by atoms with Crippen LogP contribution in [0.4, 0.5) is 0 Å². The highest BCUT2D eigenvalue weighted by atomic mass is 32.2. The topological polar surface area (TPSA) is 79.4 Å². The summed E-state index contributed by atoms with van der Waals surface area (Å²) < 4.78 is 27.3. The van der Waals surface area contributed by atoms with Gasteiger partial charge in [-0.15, -0.1) is 11.3 Å². The third-order valence-electron chi connectivity index (χ3n) is 4.50. The number of aromatic nitrogens is 1. The molecule has 1 aliphatic rings. The average molecular weight is 394 g/mol. The molecule has 0 saturated carbocycles. The predicted octanol–water partition coefficient (Wildman–Crippen LogP) is 2.21. The first-order chi connectivity index (χ1) is 12.5. The summed E-state index contributed by atoms with van der Waals surface area (Å²) in [6.07, 6.45) is 5.62. The molecule has 1 N–H and O–H groups in total. The lowest BCUT2D eigenvalue weighted by atomic mass is 9.99. The van der Waals surface area contributed by atoms with Gasteiger partial charge in [0.25, 0.3) is 10.0 Å². The Morgan fingerprint density at radius 2 is 2.23 bits per heavy atom. The fourth-order valence-electron chi connectivity index (χ4n) is 3.07. The minimum Gasteiger partial charge on any atom is -0.355 e. The molecule has 6 nitrogen and oxygen atoms in total. The summed E-state index contributed by atoms with van der Waals surface area (Å²) in [6, 6.07) is 7.29. The van der Waals surface area contributed by atoms with Crippen LogP contribution in [-0.2, 0) is 21.2 Å². The SMILES string of the molecule is Cc1ccc(S(=O)(=O)N2CCCC(C(=O)NCCc3cccnc3)C2)s1. The van der Waals surface area contributed by atoms with E-state index in [9.17, 15) is 13.2 Å². The van der Waals surface area contributed by atoms with Crippen molar-refractivity contribution in [1.29, 1.82) is 0 Å². The third-order valence-corrected chi connectivity index (χ3v) is 7.83. The molecule has 2 aromatic rings. The molecule has 0 spiro atoms. The van der Waals surface area contributed by atoms with Crippen LogP contribution in [0.15, 0.2) is 40.9 Å². The van der Waals surface area contributed by atoms with E-state index in [2.05, 4.69) is 10.3 Å². The van der Waals surface area contributed by atoms with Crippen molar-refractivity contribution in [3.8, 4) is 0 Å². The van der Waals surface area contributed by atoms with Gasteiger partial charge >= 0.3 is 0 Å². The molecule has 1 saturated heterocycles. The van der Waals surface area contributed by atoms with Gasteiger partial charge in [0.2, 0.25) is 5.91 Å². The van der Waals surface area contributed by atoms with Crippen molar-refractivity contribution in [3.05, 3.63) is 47.1 Å². The highest BCUT2D eigenvalue weighted by Crippen LogP contribution is 2.28. The number of aryl methyl sites for hydroxylation is 1. The molecule has 3 rings (SSSR count). The van der Waals surface area contributed by atoms with Crippen LogP contribution in [0.25, 0.3) is 0 Å². The Labute approximate surface area is 158 Å². The molecule has 0 radical (unpaired) electrons. The molecular weight excluding hydrogens is 370 g/mol. The Kier molecular flexibility index (Phi) is 6.05.